The fourth-order valence-corrected chi connectivity index (χ4v) is 1.54. The molecule has 0 saturated heterocycles. The molecule has 2 nitrogen and oxygen atoms in total. The Labute approximate surface area is 72.3 Å². The molecule has 12 heavy (non-hydrogen) atoms. The monoisotopic (exact) mass is 163 g/mol. The molecule has 0 amide bonds. The summed E-state index contributed by atoms with van der Waals surface area (Å²) in [7, 11) is 0. The first kappa shape index (κ1) is 7.62. The molecule has 0 aliphatic carbocycles. The second kappa shape index (κ2) is 3.15. The van der Waals surface area contributed by atoms with Crippen LogP contribution in [0.15, 0.2) is 24.3 Å². The lowest BCUT2D eigenvalue weighted by atomic mass is 9.97. The van der Waals surface area contributed by atoms with Gasteiger partial charge in [0, 0.05) is 5.92 Å². The van der Waals surface area contributed by atoms with E-state index in [1.165, 1.54) is 5.56 Å². The molecule has 0 saturated carbocycles. The third-order valence-electron chi connectivity index (χ3n) is 2.29. The van der Waals surface area contributed by atoms with Gasteiger partial charge in [0.1, 0.15) is 5.75 Å². The summed E-state index contributed by atoms with van der Waals surface area (Å²) < 4.78 is 5.55. The van der Waals surface area contributed by atoms with Crippen LogP contribution in [0.25, 0.3) is 0 Å². The maximum absolute atomic E-state index is 5.58. The lowest BCUT2D eigenvalue weighted by Gasteiger charge is -2.23. The van der Waals surface area contributed by atoms with Gasteiger partial charge < -0.3 is 10.5 Å². The first-order valence-corrected chi connectivity index (χ1v) is 4.31. The Bertz CT molecular complexity index is 272. The van der Waals surface area contributed by atoms with Crippen molar-refractivity contribution in [3.63, 3.8) is 0 Å². The summed E-state index contributed by atoms with van der Waals surface area (Å²) in [6, 6.07) is 8.17. The van der Waals surface area contributed by atoms with Crippen LogP contribution in [0.1, 0.15) is 5.56 Å². The van der Waals surface area contributed by atoms with Crippen LogP contribution in [0.4, 0.5) is 0 Å². The second-order valence-electron chi connectivity index (χ2n) is 3.22. The van der Waals surface area contributed by atoms with Gasteiger partial charge in [0.15, 0.2) is 0 Å². The maximum atomic E-state index is 5.58. The summed E-state index contributed by atoms with van der Waals surface area (Å²) >= 11 is 0. The fourth-order valence-electron chi connectivity index (χ4n) is 1.54. The van der Waals surface area contributed by atoms with Crippen molar-refractivity contribution in [2.24, 2.45) is 11.7 Å². The minimum Gasteiger partial charge on any atom is -0.493 e. The Kier molecular flexibility index (Phi) is 2.00. The highest BCUT2D eigenvalue weighted by Crippen LogP contribution is 2.25. The molecular formula is C10H13NO. The molecule has 1 aromatic carbocycles. The molecule has 0 fully saturated rings. The highest BCUT2D eigenvalue weighted by Gasteiger charge is 2.17. The van der Waals surface area contributed by atoms with Crippen molar-refractivity contribution in [2.45, 2.75) is 6.42 Å². The first-order chi connectivity index (χ1) is 5.90. The zero-order valence-corrected chi connectivity index (χ0v) is 6.99. The van der Waals surface area contributed by atoms with Crippen LogP contribution >= 0.6 is 0 Å². The van der Waals surface area contributed by atoms with Crippen LogP contribution < -0.4 is 10.5 Å². The average Bonchev–Trinajstić information content (AvgIpc) is 2.17. The van der Waals surface area contributed by atoms with Crippen LogP contribution in [-0.4, -0.2) is 13.2 Å². The van der Waals surface area contributed by atoms with Gasteiger partial charge in [-0.2, -0.15) is 0 Å². The van der Waals surface area contributed by atoms with Crippen molar-refractivity contribution in [3.8, 4) is 5.75 Å². The summed E-state index contributed by atoms with van der Waals surface area (Å²) in [4.78, 5) is 0. The zero-order chi connectivity index (χ0) is 8.39. The predicted octanol–water partition coefficient (Wildman–Crippen LogP) is 1.20. The Morgan fingerprint density at radius 1 is 1.42 bits per heavy atom. The van der Waals surface area contributed by atoms with E-state index in [0.29, 0.717) is 12.5 Å². The van der Waals surface area contributed by atoms with Gasteiger partial charge >= 0.3 is 0 Å². The molecular weight excluding hydrogens is 150 g/mol. The molecule has 0 aromatic heterocycles. The van der Waals surface area contributed by atoms with Gasteiger partial charge in [-0.05, 0) is 24.6 Å². The lowest BCUT2D eigenvalue weighted by Crippen LogP contribution is -2.27. The van der Waals surface area contributed by atoms with Gasteiger partial charge in [0.2, 0.25) is 0 Å². The van der Waals surface area contributed by atoms with Crippen molar-refractivity contribution in [1.29, 1.82) is 0 Å². The number of ether oxygens (including phenoxy) is 1. The number of fused-ring (bicyclic) bond motifs is 1. The SMILES string of the molecule is NC[C@H]1COc2ccccc2C1. The summed E-state index contributed by atoms with van der Waals surface area (Å²) in [5, 5.41) is 0. The Morgan fingerprint density at radius 3 is 3.08 bits per heavy atom. The van der Waals surface area contributed by atoms with Crippen LogP contribution in [0, 0.1) is 5.92 Å². The van der Waals surface area contributed by atoms with Gasteiger partial charge in [-0.1, -0.05) is 18.2 Å². The minimum absolute atomic E-state index is 0.500. The van der Waals surface area contributed by atoms with Crippen molar-refractivity contribution in [2.75, 3.05) is 13.2 Å². The molecule has 0 unspecified atom stereocenters. The summed E-state index contributed by atoms with van der Waals surface area (Å²) in [6.07, 6.45) is 1.06. The molecule has 0 bridgehead atoms. The Hall–Kier alpha value is -1.02. The van der Waals surface area contributed by atoms with E-state index in [9.17, 15) is 0 Å². The number of rotatable bonds is 1. The maximum Gasteiger partial charge on any atom is 0.122 e. The quantitative estimate of drug-likeness (QED) is 0.675. The summed E-state index contributed by atoms with van der Waals surface area (Å²) in [6.45, 7) is 1.49. The number of nitrogens with two attached hydrogens (primary N) is 1. The summed E-state index contributed by atoms with van der Waals surface area (Å²) in [5.41, 5.74) is 6.87. The molecule has 1 aliphatic rings. The van der Waals surface area contributed by atoms with E-state index in [2.05, 4.69) is 6.07 Å². The fraction of sp³-hybridized carbons (Fsp3) is 0.400. The third kappa shape index (κ3) is 1.30. The third-order valence-corrected chi connectivity index (χ3v) is 2.29. The summed E-state index contributed by atoms with van der Waals surface area (Å²) in [5.74, 6) is 1.53. The van der Waals surface area contributed by atoms with E-state index < -0.39 is 0 Å². The normalized spacial score (nSPS) is 21.2. The van der Waals surface area contributed by atoms with Gasteiger partial charge in [-0.3, -0.25) is 0 Å². The van der Waals surface area contributed by atoms with Crippen LogP contribution in [0.5, 0.6) is 5.75 Å². The molecule has 2 heteroatoms. The van der Waals surface area contributed by atoms with Crippen molar-refractivity contribution in [1.82, 2.24) is 0 Å². The van der Waals surface area contributed by atoms with Crippen LogP contribution in [-0.2, 0) is 6.42 Å². The minimum atomic E-state index is 0.500. The molecule has 1 aromatic rings. The Balaban J connectivity index is 2.23. The number of hydrogen-bond acceptors (Lipinski definition) is 2. The van der Waals surface area contributed by atoms with Gasteiger partial charge in [-0.15, -0.1) is 0 Å². The zero-order valence-electron chi connectivity index (χ0n) is 6.99. The van der Waals surface area contributed by atoms with Gasteiger partial charge in [0.25, 0.3) is 0 Å². The average molecular weight is 163 g/mol. The molecule has 0 radical (unpaired) electrons. The first-order valence-electron chi connectivity index (χ1n) is 4.31. The number of benzene rings is 1. The van der Waals surface area contributed by atoms with Gasteiger partial charge in [0.05, 0.1) is 6.61 Å². The van der Waals surface area contributed by atoms with E-state index in [0.717, 1.165) is 18.8 Å². The highest BCUT2D eigenvalue weighted by atomic mass is 16.5. The molecule has 1 atom stereocenters. The molecule has 1 heterocycles. The van der Waals surface area contributed by atoms with Crippen molar-refractivity contribution >= 4 is 0 Å². The van der Waals surface area contributed by atoms with Crippen LogP contribution in [0.3, 0.4) is 0 Å². The standard InChI is InChI=1S/C10H13NO/c11-6-8-5-9-3-1-2-4-10(9)12-7-8/h1-4,8H,5-7,11H2/t8-/m0/s1. The van der Waals surface area contributed by atoms with E-state index >= 15 is 0 Å². The predicted molar refractivity (Wildman–Crippen MR) is 48.2 cm³/mol. The Morgan fingerprint density at radius 2 is 2.25 bits per heavy atom. The van der Waals surface area contributed by atoms with Crippen LogP contribution in [0.2, 0.25) is 0 Å². The van der Waals surface area contributed by atoms with Crippen molar-refractivity contribution in [3.05, 3.63) is 29.8 Å². The molecule has 2 rings (SSSR count). The van der Waals surface area contributed by atoms with Gasteiger partial charge in [-0.25, -0.2) is 0 Å². The highest BCUT2D eigenvalue weighted by molar-refractivity contribution is 5.35. The van der Waals surface area contributed by atoms with E-state index in [1.807, 2.05) is 18.2 Å². The topological polar surface area (TPSA) is 35.2 Å². The molecule has 2 N–H and O–H groups in total. The smallest absolute Gasteiger partial charge is 0.122 e. The number of hydrogen-bond donors (Lipinski definition) is 1. The van der Waals surface area contributed by atoms with Crippen molar-refractivity contribution < 1.29 is 4.74 Å². The second-order valence-corrected chi connectivity index (χ2v) is 3.22. The van der Waals surface area contributed by atoms with E-state index in [4.69, 9.17) is 10.5 Å². The lowest BCUT2D eigenvalue weighted by molar-refractivity contribution is 0.226. The molecule has 0 spiro atoms. The largest absolute Gasteiger partial charge is 0.493 e. The number of para-hydroxylation sites is 1. The molecule has 1 aliphatic heterocycles. The van der Waals surface area contributed by atoms with E-state index in [1.54, 1.807) is 0 Å². The molecule has 64 valence electrons. The van der Waals surface area contributed by atoms with E-state index in [-0.39, 0.29) is 0 Å².